The van der Waals surface area contributed by atoms with E-state index in [1.54, 1.807) is 0 Å². The van der Waals surface area contributed by atoms with Crippen LogP contribution in [0.3, 0.4) is 0 Å². The third kappa shape index (κ3) is 1.34. The van der Waals surface area contributed by atoms with Crippen molar-refractivity contribution in [1.29, 1.82) is 0 Å². The van der Waals surface area contributed by atoms with Gasteiger partial charge < -0.3 is 9.84 Å². The fourth-order valence-electron chi connectivity index (χ4n) is 1.23. The fraction of sp³-hybridized carbons (Fsp3) is 0.714. The first-order valence-electron chi connectivity index (χ1n) is 3.47. The number of carboxylic acids is 1. The Morgan fingerprint density at radius 1 is 1.36 bits per heavy atom. The molecule has 1 saturated carbocycles. The number of aliphatic carboxylic acids is 1. The van der Waals surface area contributed by atoms with Crippen LogP contribution in [0.1, 0.15) is 12.8 Å². The quantitative estimate of drug-likeness (QED) is 0.586. The largest absolute Gasteiger partial charge is 0.481 e. The molecule has 0 unspecified atom stereocenters. The van der Waals surface area contributed by atoms with Crippen molar-refractivity contribution in [3.63, 3.8) is 0 Å². The van der Waals surface area contributed by atoms with E-state index in [2.05, 4.69) is 4.74 Å². The third-order valence-electron chi connectivity index (χ3n) is 2.10. The summed E-state index contributed by atoms with van der Waals surface area (Å²) >= 11 is 0. The average Bonchev–Trinajstić information content (AvgIpc) is 1.83. The summed E-state index contributed by atoms with van der Waals surface area (Å²) in [6.07, 6.45) is 1.23. The second-order valence-electron chi connectivity index (χ2n) is 2.65. The van der Waals surface area contributed by atoms with Gasteiger partial charge in [-0.15, -0.1) is 0 Å². The molecule has 1 fully saturated rings. The zero-order valence-corrected chi connectivity index (χ0v) is 6.24. The van der Waals surface area contributed by atoms with Crippen molar-refractivity contribution in [3.05, 3.63) is 0 Å². The Labute approximate surface area is 64.2 Å². The molecule has 2 atom stereocenters. The second kappa shape index (κ2) is 2.90. The van der Waals surface area contributed by atoms with Gasteiger partial charge in [0.15, 0.2) is 0 Å². The molecule has 0 radical (unpaired) electrons. The summed E-state index contributed by atoms with van der Waals surface area (Å²) < 4.78 is 4.43. The first kappa shape index (κ1) is 8.04. The predicted molar refractivity (Wildman–Crippen MR) is 35.9 cm³/mol. The maximum absolute atomic E-state index is 10.8. The van der Waals surface area contributed by atoms with E-state index in [9.17, 15) is 9.59 Å². The van der Waals surface area contributed by atoms with Crippen LogP contribution in [-0.2, 0) is 14.3 Å². The SMILES string of the molecule is COC(=O)[C@@H]1CC[C@@H]1C(=O)O. The van der Waals surface area contributed by atoms with Crippen LogP contribution in [0, 0.1) is 11.8 Å². The smallest absolute Gasteiger partial charge is 0.309 e. The van der Waals surface area contributed by atoms with E-state index in [-0.39, 0.29) is 0 Å². The number of methoxy groups -OCH3 is 1. The van der Waals surface area contributed by atoms with Crippen molar-refractivity contribution in [2.45, 2.75) is 12.8 Å². The minimum absolute atomic E-state index is 0.399. The Morgan fingerprint density at radius 2 is 1.91 bits per heavy atom. The van der Waals surface area contributed by atoms with Gasteiger partial charge in [0.1, 0.15) is 0 Å². The predicted octanol–water partition coefficient (Wildman–Crippen LogP) is 0.270. The molecule has 4 nitrogen and oxygen atoms in total. The molecule has 1 rings (SSSR count). The Bertz CT molecular complexity index is 187. The molecular weight excluding hydrogens is 148 g/mol. The molecule has 0 aliphatic heterocycles. The highest BCUT2D eigenvalue weighted by Crippen LogP contribution is 2.35. The number of ether oxygens (including phenoxy) is 1. The lowest BCUT2D eigenvalue weighted by Crippen LogP contribution is -2.38. The monoisotopic (exact) mass is 158 g/mol. The lowest BCUT2D eigenvalue weighted by Gasteiger charge is -2.30. The van der Waals surface area contributed by atoms with Crippen LogP contribution in [0.5, 0.6) is 0 Å². The van der Waals surface area contributed by atoms with Crippen LogP contribution in [0.15, 0.2) is 0 Å². The van der Waals surface area contributed by atoms with Crippen LogP contribution in [0.4, 0.5) is 0 Å². The van der Waals surface area contributed by atoms with E-state index >= 15 is 0 Å². The van der Waals surface area contributed by atoms with Crippen LogP contribution in [0.2, 0.25) is 0 Å². The van der Waals surface area contributed by atoms with E-state index in [1.165, 1.54) is 7.11 Å². The summed E-state index contributed by atoms with van der Waals surface area (Å²) in [5.74, 6) is -2.21. The first-order valence-corrected chi connectivity index (χ1v) is 3.47. The number of carbonyl (C=O) groups excluding carboxylic acids is 1. The number of carbonyl (C=O) groups is 2. The van der Waals surface area contributed by atoms with Gasteiger partial charge in [-0.1, -0.05) is 0 Å². The highest BCUT2D eigenvalue weighted by molar-refractivity contribution is 5.82. The molecule has 0 heterocycles. The van der Waals surface area contributed by atoms with Crippen LogP contribution in [0.25, 0.3) is 0 Å². The van der Waals surface area contributed by atoms with E-state index in [0.717, 1.165) is 0 Å². The van der Waals surface area contributed by atoms with Gasteiger partial charge in [-0.2, -0.15) is 0 Å². The lowest BCUT2D eigenvalue weighted by atomic mass is 9.74. The van der Waals surface area contributed by atoms with E-state index in [1.807, 2.05) is 0 Å². The molecular formula is C7H10O4. The number of esters is 1. The summed E-state index contributed by atoms with van der Waals surface area (Å²) in [6.45, 7) is 0. The van der Waals surface area contributed by atoms with Crippen molar-refractivity contribution in [2.75, 3.05) is 7.11 Å². The topological polar surface area (TPSA) is 63.6 Å². The molecule has 0 aromatic carbocycles. The molecule has 62 valence electrons. The van der Waals surface area contributed by atoms with Crippen molar-refractivity contribution in [1.82, 2.24) is 0 Å². The molecule has 0 bridgehead atoms. The number of rotatable bonds is 2. The van der Waals surface area contributed by atoms with Gasteiger partial charge in [0, 0.05) is 0 Å². The maximum atomic E-state index is 10.8. The molecule has 1 aliphatic rings. The minimum Gasteiger partial charge on any atom is -0.481 e. The van der Waals surface area contributed by atoms with Gasteiger partial charge >= 0.3 is 11.9 Å². The number of hydrogen-bond acceptors (Lipinski definition) is 3. The van der Waals surface area contributed by atoms with Gasteiger partial charge in [0.05, 0.1) is 18.9 Å². The van der Waals surface area contributed by atoms with Gasteiger partial charge in [0.2, 0.25) is 0 Å². The summed E-state index contributed by atoms with van der Waals surface area (Å²) in [5, 5.41) is 8.54. The van der Waals surface area contributed by atoms with Gasteiger partial charge in [-0.3, -0.25) is 9.59 Å². The zero-order chi connectivity index (χ0) is 8.43. The molecule has 0 aromatic rings. The molecule has 4 heteroatoms. The van der Waals surface area contributed by atoms with Crippen molar-refractivity contribution in [3.8, 4) is 0 Å². The van der Waals surface area contributed by atoms with E-state index in [4.69, 9.17) is 5.11 Å². The maximum Gasteiger partial charge on any atom is 0.309 e. The number of hydrogen-bond donors (Lipinski definition) is 1. The summed E-state index contributed by atoms with van der Waals surface area (Å²) in [7, 11) is 1.28. The van der Waals surface area contributed by atoms with Crippen LogP contribution >= 0.6 is 0 Å². The fourth-order valence-corrected chi connectivity index (χ4v) is 1.23. The third-order valence-corrected chi connectivity index (χ3v) is 2.10. The summed E-state index contributed by atoms with van der Waals surface area (Å²) in [5.41, 5.74) is 0. The Hall–Kier alpha value is -1.06. The highest BCUT2D eigenvalue weighted by Gasteiger charge is 2.42. The second-order valence-corrected chi connectivity index (χ2v) is 2.65. The van der Waals surface area contributed by atoms with Gasteiger partial charge in [-0.05, 0) is 12.8 Å². The van der Waals surface area contributed by atoms with E-state index in [0.29, 0.717) is 12.8 Å². The van der Waals surface area contributed by atoms with Crippen molar-refractivity contribution in [2.24, 2.45) is 11.8 Å². The minimum atomic E-state index is -0.897. The zero-order valence-electron chi connectivity index (χ0n) is 6.24. The van der Waals surface area contributed by atoms with Gasteiger partial charge in [-0.25, -0.2) is 0 Å². The summed E-state index contributed by atoms with van der Waals surface area (Å²) in [4.78, 5) is 21.2. The van der Waals surface area contributed by atoms with Crippen LogP contribution < -0.4 is 0 Å². The number of carboxylic acid groups (broad SMARTS) is 1. The standard InChI is InChI=1S/C7H10O4/c1-11-7(10)5-3-2-4(5)6(8)9/h4-5H,2-3H2,1H3,(H,8,9)/t4-,5+/m0/s1. The molecule has 1 N–H and O–H groups in total. The molecule has 11 heavy (non-hydrogen) atoms. The first-order chi connectivity index (χ1) is 5.16. The van der Waals surface area contributed by atoms with Crippen LogP contribution in [-0.4, -0.2) is 24.2 Å². The molecule has 1 aliphatic carbocycles. The molecule has 0 spiro atoms. The molecule has 0 saturated heterocycles. The van der Waals surface area contributed by atoms with Gasteiger partial charge in [0.25, 0.3) is 0 Å². The highest BCUT2D eigenvalue weighted by atomic mass is 16.5. The normalized spacial score (nSPS) is 28.8. The average molecular weight is 158 g/mol. The molecule has 0 aromatic heterocycles. The molecule has 0 amide bonds. The lowest BCUT2D eigenvalue weighted by molar-refractivity contribution is -0.162. The van der Waals surface area contributed by atoms with Crippen molar-refractivity contribution < 1.29 is 19.4 Å². The summed E-state index contributed by atoms with van der Waals surface area (Å²) in [6, 6.07) is 0. The Kier molecular flexibility index (Phi) is 2.12. The van der Waals surface area contributed by atoms with E-state index < -0.39 is 23.8 Å². The Morgan fingerprint density at radius 3 is 2.18 bits per heavy atom. The van der Waals surface area contributed by atoms with Crippen molar-refractivity contribution >= 4 is 11.9 Å². The Balaban J connectivity index is 2.49.